The molecule has 0 saturated carbocycles. The van der Waals surface area contributed by atoms with Crippen LogP contribution >= 0.6 is 11.6 Å². The van der Waals surface area contributed by atoms with Gasteiger partial charge in [-0.25, -0.2) is 9.97 Å². The highest BCUT2D eigenvalue weighted by atomic mass is 35.5. The number of hydrogen-bond donors (Lipinski definition) is 1. The van der Waals surface area contributed by atoms with E-state index in [4.69, 9.17) is 21.6 Å². The van der Waals surface area contributed by atoms with Gasteiger partial charge in [-0.05, 0) is 75.5 Å². The quantitative estimate of drug-likeness (QED) is 0.944. The Morgan fingerprint density at radius 3 is 2.71 bits per heavy atom. The Morgan fingerprint density at radius 1 is 1.24 bits per heavy atom. The highest BCUT2D eigenvalue weighted by Gasteiger charge is 2.22. The first kappa shape index (κ1) is 14.5. The third kappa shape index (κ3) is 3.09. The predicted molar refractivity (Wildman–Crippen MR) is 86.7 cm³/mol. The van der Waals surface area contributed by atoms with Gasteiger partial charge in [-0.1, -0.05) is 11.6 Å². The van der Waals surface area contributed by atoms with Crippen LogP contribution in [0.15, 0.2) is 24.3 Å². The average molecular weight is 302 g/mol. The van der Waals surface area contributed by atoms with Crippen molar-refractivity contribution in [2.45, 2.75) is 26.2 Å². The Labute approximate surface area is 130 Å². The second-order valence-corrected chi connectivity index (χ2v) is 6.17. The molecule has 4 heteroatoms. The Hall–Kier alpha value is -1.45. The van der Waals surface area contributed by atoms with E-state index in [1.807, 2.05) is 31.3 Å². The van der Waals surface area contributed by atoms with Crippen molar-refractivity contribution < 1.29 is 0 Å². The summed E-state index contributed by atoms with van der Waals surface area (Å²) in [5.74, 6) is 1.51. The van der Waals surface area contributed by atoms with Crippen LogP contribution in [0.4, 0.5) is 0 Å². The Balaban J connectivity index is 1.93. The molecule has 1 atom stereocenters. The van der Waals surface area contributed by atoms with Crippen molar-refractivity contribution in [2.75, 3.05) is 13.6 Å². The first-order chi connectivity index (χ1) is 10.2. The number of halogens is 1. The van der Waals surface area contributed by atoms with Crippen LogP contribution in [-0.4, -0.2) is 23.6 Å². The molecule has 110 valence electrons. The predicted octanol–water partition coefficient (Wildman–Crippen LogP) is 3.43. The van der Waals surface area contributed by atoms with Gasteiger partial charge in [-0.15, -0.1) is 0 Å². The van der Waals surface area contributed by atoms with Gasteiger partial charge in [-0.2, -0.15) is 0 Å². The Kier molecular flexibility index (Phi) is 4.22. The summed E-state index contributed by atoms with van der Waals surface area (Å²) < 4.78 is 0. The van der Waals surface area contributed by atoms with Gasteiger partial charge < -0.3 is 5.32 Å². The van der Waals surface area contributed by atoms with Crippen LogP contribution in [0.3, 0.4) is 0 Å². The first-order valence-corrected chi connectivity index (χ1v) is 7.82. The van der Waals surface area contributed by atoms with E-state index >= 15 is 0 Å². The molecule has 1 aliphatic carbocycles. The molecular weight excluding hydrogens is 282 g/mol. The number of fused-ring (bicyclic) bond motifs is 1. The first-order valence-electron chi connectivity index (χ1n) is 7.44. The number of nitrogens with one attached hydrogen (secondary N) is 1. The molecule has 2 aromatic rings. The van der Waals surface area contributed by atoms with Gasteiger partial charge in [-0.3, -0.25) is 0 Å². The maximum atomic E-state index is 5.94. The number of aryl methyl sites for hydroxylation is 2. The van der Waals surface area contributed by atoms with E-state index in [-0.39, 0.29) is 0 Å². The minimum atomic E-state index is 0.700. The molecule has 3 rings (SSSR count). The molecule has 1 aliphatic rings. The SMILES string of the molecule is CNCC1CCc2nc(-c3ccc(Cl)cc3)nc(C)c2C1. The standard InChI is InChI=1S/C17H20ClN3/c1-11-15-9-12(10-19-2)3-8-16(15)21-17(20-11)13-4-6-14(18)7-5-13/h4-7,12,19H,3,8-10H2,1-2H3. The molecule has 0 fully saturated rings. The Bertz CT molecular complexity index is 637. The molecule has 0 amide bonds. The molecule has 0 spiro atoms. The molecule has 1 unspecified atom stereocenters. The fraction of sp³-hybridized carbons (Fsp3) is 0.412. The summed E-state index contributed by atoms with van der Waals surface area (Å²) in [7, 11) is 2.02. The largest absolute Gasteiger partial charge is 0.319 e. The van der Waals surface area contributed by atoms with Gasteiger partial charge in [0, 0.05) is 22.0 Å². The van der Waals surface area contributed by atoms with Crippen molar-refractivity contribution in [3.05, 3.63) is 46.2 Å². The van der Waals surface area contributed by atoms with Crippen LogP contribution in [0.5, 0.6) is 0 Å². The summed E-state index contributed by atoms with van der Waals surface area (Å²) in [5.41, 5.74) is 4.72. The van der Waals surface area contributed by atoms with Gasteiger partial charge in [0.25, 0.3) is 0 Å². The van der Waals surface area contributed by atoms with Crippen molar-refractivity contribution in [3.63, 3.8) is 0 Å². The van der Waals surface area contributed by atoms with Crippen LogP contribution in [0.25, 0.3) is 11.4 Å². The third-order valence-electron chi connectivity index (χ3n) is 4.18. The van der Waals surface area contributed by atoms with Gasteiger partial charge in [0.05, 0.1) is 0 Å². The number of aromatic nitrogens is 2. The monoisotopic (exact) mass is 301 g/mol. The van der Waals surface area contributed by atoms with Gasteiger partial charge in [0.1, 0.15) is 0 Å². The average Bonchev–Trinajstić information content (AvgIpc) is 2.49. The summed E-state index contributed by atoms with van der Waals surface area (Å²) in [6, 6.07) is 7.74. The molecule has 0 radical (unpaired) electrons. The van der Waals surface area contributed by atoms with E-state index in [0.717, 1.165) is 41.5 Å². The van der Waals surface area contributed by atoms with E-state index in [9.17, 15) is 0 Å². The van der Waals surface area contributed by atoms with Gasteiger partial charge in [0.2, 0.25) is 0 Å². The second-order valence-electron chi connectivity index (χ2n) is 5.73. The zero-order valence-corrected chi connectivity index (χ0v) is 13.2. The van der Waals surface area contributed by atoms with Crippen molar-refractivity contribution in [1.29, 1.82) is 0 Å². The molecule has 0 bridgehead atoms. The van der Waals surface area contributed by atoms with Crippen molar-refractivity contribution >= 4 is 11.6 Å². The van der Waals surface area contributed by atoms with Crippen molar-refractivity contribution in [3.8, 4) is 11.4 Å². The lowest BCUT2D eigenvalue weighted by molar-refractivity contribution is 0.433. The molecule has 1 N–H and O–H groups in total. The van der Waals surface area contributed by atoms with Crippen LogP contribution in [0.2, 0.25) is 5.02 Å². The second kappa shape index (κ2) is 6.12. The number of nitrogens with zero attached hydrogens (tertiary/aromatic N) is 2. The molecule has 0 saturated heterocycles. The van der Waals surface area contributed by atoms with Gasteiger partial charge >= 0.3 is 0 Å². The lowest BCUT2D eigenvalue weighted by Gasteiger charge is -2.25. The lowest BCUT2D eigenvalue weighted by atomic mass is 9.85. The van der Waals surface area contributed by atoms with Crippen LogP contribution in [-0.2, 0) is 12.8 Å². The maximum absolute atomic E-state index is 5.94. The number of rotatable bonds is 3. The summed E-state index contributed by atoms with van der Waals surface area (Å²) in [6.45, 7) is 3.17. The highest BCUT2D eigenvalue weighted by molar-refractivity contribution is 6.30. The zero-order valence-electron chi connectivity index (χ0n) is 12.5. The minimum Gasteiger partial charge on any atom is -0.319 e. The van der Waals surface area contributed by atoms with E-state index in [2.05, 4.69) is 12.2 Å². The summed E-state index contributed by atoms with van der Waals surface area (Å²) >= 11 is 5.94. The van der Waals surface area contributed by atoms with E-state index in [1.54, 1.807) is 0 Å². The summed E-state index contributed by atoms with van der Waals surface area (Å²) in [5, 5.41) is 4.02. The lowest BCUT2D eigenvalue weighted by Crippen LogP contribution is -2.26. The molecule has 3 nitrogen and oxygen atoms in total. The topological polar surface area (TPSA) is 37.8 Å². The molecule has 1 aromatic heterocycles. The minimum absolute atomic E-state index is 0.700. The number of hydrogen-bond acceptors (Lipinski definition) is 3. The summed E-state index contributed by atoms with van der Waals surface area (Å²) in [4.78, 5) is 9.50. The molecular formula is C17H20ClN3. The van der Waals surface area contributed by atoms with Crippen molar-refractivity contribution in [2.24, 2.45) is 5.92 Å². The van der Waals surface area contributed by atoms with E-state index < -0.39 is 0 Å². The Morgan fingerprint density at radius 2 is 2.00 bits per heavy atom. The summed E-state index contributed by atoms with van der Waals surface area (Å²) in [6.07, 6.45) is 3.33. The zero-order chi connectivity index (χ0) is 14.8. The maximum Gasteiger partial charge on any atom is 0.159 e. The van der Waals surface area contributed by atoms with E-state index in [0.29, 0.717) is 5.92 Å². The van der Waals surface area contributed by atoms with E-state index in [1.165, 1.54) is 17.7 Å². The fourth-order valence-electron chi connectivity index (χ4n) is 3.05. The fourth-order valence-corrected chi connectivity index (χ4v) is 3.18. The number of benzene rings is 1. The smallest absolute Gasteiger partial charge is 0.159 e. The third-order valence-corrected chi connectivity index (χ3v) is 4.43. The van der Waals surface area contributed by atoms with Crippen LogP contribution in [0, 0.1) is 12.8 Å². The highest BCUT2D eigenvalue weighted by Crippen LogP contribution is 2.28. The van der Waals surface area contributed by atoms with Crippen molar-refractivity contribution in [1.82, 2.24) is 15.3 Å². The van der Waals surface area contributed by atoms with Crippen LogP contribution in [0.1, 0.15) is 23.4 Å². The van der Waals surface area contributed by atoms with Gasteiger partial charge in [0.15, 0.2) is 5.82 Å². The molecule has 1 heterocycles. The van der Waals surface area contributed by atoms with Crippen LogP contribution < -0.4 is 5.32 Å². The molecule has 21 heavy (non-hydrogen) atoms. The molecule has 0 aliphatic heterocycles. The normalized spacial score (nSPS) is 17.6. The molecule has 1 aromatic carbocycles.